The molecule has 0 N–H and O–H groups in total. The Labute approximate surface area is 105 Å². The average Bonchev–Trinajstić information content (AvgIpc) is 2.27. The number of rotatable bonds is 6. The number of hydrogen-bond donors (Lipinski definition) is 0. The molecule has 0 aliphatic heterocycles. The molecule has 3 heteroatoms. The minimum Gasteiger partial charge on any atom is -0.224 e. The third-order valence-corrected chi connectivity index (χ3v) is 4.25. The van der Waals surface area contributed by atoms with E-state index >= 15 is 0 Å². The molecule has 0 heterocycles. The zero-order valence-electron chi connectivity index (χ0n) is 11.0. The van der Waals surface area contributed by atoms with E-state index in [9.17, 15) is 8.42 Å². The van der Waals surface area contributed by atoms with E-state index in [0.717, 1.165) is 43.2 Å². The van der Waals surface area contributed by atoms with Crippen LogP contribution in [0, 0.1) is 0 Å². The highest BCUT2D eigenvalue weighted by atomic mass is 32.2. The van der Waals surface area contributed by atoms with Crippen molar-refractivity contribution in [3.8, 4) is 0 Å². The predicted molar refractivity (Wildman–Crippen MR) is 72.2 cm³/mol. The van der Waals surface area contributed by atoms with E-state index in [0.29, 0.717) is 4.90 Å². The largest absolute Gasteiger partial charge is 0.224 e. The smallest absolute Gasteiger partial charge is 0.176 e. The van der Waals surface area contributed by atoms with E-state index in [1.165, 1.54) is 6.26 Å². The molecule has 1 aromatic carbocycles. The summed E-state index contributed by atoms with van der Waals surface area (Å²) in [4.78, 5) is 0.568. The Kier molecular flexibility index (Phi) is 5.19. The Morgan fingerprint density at radius 2 is 1.71 bits per heavy atom. The Morgan fingerprint density at radius 1 is 1.06 bits per heavy atom. The van der Waals surface area contributed by atoms with Crippen molar-refractivity contribution in [1.82, 2.24) is 0 Å². The van der Waals surface area contributed by atoms with Gasteiger partial charge in [0.25, 0.3) is 0 Å². The molecule has 0 spiro atoms. The van der Waals surface area contributed by atoms with Gasteiger partial charge in [-0.1, -0.05) is 44.9 Å². The number of sulfone groups is 1. The zero-order chi connectivity index (χ0) is 12.9. The monoisotopic (exact) mass is 254 g/mol. The van der Waals surface area contributed by atoms with Gasteiger partial charge < -0.3 is 0 Å². The fourth-order valence-corrected chi connectivity index (χ4v) is 3.49. The Morgan fingerprint density at radius 3 is 2.24 bits per heavy atom. The van der Waals surface area contributed by atoms with Crippen LogP contribution < -0.4 is 0 Å². The molecular formula is C14H22O2S. The molecule has 0 unspecified atom stereocenters. The van der Waals surface area contributed by atoms with Crippen LogP contribution in [-0.2, 0) is 22.7 Å². The molecule has 0 saturated carbocycles. The maximum Gasteiger partial charge on any atom is 0.176 e. The second-order valence-corrected chi connectivity index (χ2v) is 6.44. The van der Waals surface area contributed by atoms with Crippen molar-refractivity contribution >= 4 is 9.84 Å². The van der Waals surface area contributed by atoms with E-state index in [1.54, 1.807) is 0 Å². The average molecular weight is 254 g/mol. The SMILES string of the molecule is CCCCCc1cccc(CC)c1S(C)(=O)=O. The first-order valence-electron chi connectivity index (χ1n) is 6.31. The molecule has 0 aliphatic rings. The van der Waals surface area contributed by atoms with Gasteiger partial charge in [-0.25, -0.2) is 8.42 Å². The van der Waals surface area contributed by atoms with E-state index in [2.05, 4.69) is 6.92 Å². The molecule has 0 amide bonds. The number of aryl methyl sites for hydroxylation is 2. The molecule has 1 aromatic rings. The van der Waals surface area contributed by atoms with Crippen molar-refractivity contribution in [2.75, 3.05) is 6.26 Å². The van der Waals surface area contributed by atoms with Gasteiger partial charge in [-0.15, -0.1) is 0 Å². The number of hydrogen-bond acceptors (Lipinski definition) is 2. The van der Waals surface area contributed by atoms with E-state index < -0.39 is 9.84 Å². The van der Waals surface area contributed by atoms with Crippen LogP contribution in [0.2, 0.25) is 0 Å². The highest BCUT2D eigenvalue weighted by Crippen LogP contribution is 2.23. The summed E-state index contributed by atoms with van der Waals surface area (Å²) < 4.78 is 23.7. The van der Waals surface area contributed by atoms with Crippen molar-refractivity contribution in [1.29, 1.82) is 0 Å². The third-order valence-electron chi connectivity index (χ3n) is 2.98. The van der Waals surface area contributed by atoms with E-state index in [4.69, 9.17) is 0 Å². The van der Waals surface area contributed by atoms with Crippen LogP contribution in [0.4, 0.5) is 0 Å². The number of benzene rings is 1. The summed E-state index contributed by atoms with van der Waals surface area (Å²) >= 11 is 0. The van der Waals surface area contributed by atoms with E-state index in [1.807, 2.05) is 25.1 Å². The van der Waals surface area contributed by atoms with Crippen LogP contribution in [0.25, 0.3) is 0 Å². The van der Waals surface area contributed by atoms with Crippen molar-refractivity contribution < 1.29 is 8.42 Å². The molecule has 0 atom stereocenters. The summed E-state index contributed by atoms with van der Waals surface area (Å²) in [7, 11) is -3.11. The molecule has 0 saturated heterocycles. The summed E-state index contributed by atoms with van der Waals surface area (Å²) in [5.74, 6) is 0. The van der Waals surface area contributed by atoms with Gasteiger partial charge in [-0.05, 0) is 30.4 Å². The molecule has 17 heavy (non-hydrogen) atoms. The molecule has 0 radical (unpaired) electrons. The van der Waals surface area contributed by atoms with Gasteiger partial charge in [0.15, 0.2) is 9.84 Å². The Balaban J connectivity index is 3.12. The lowest BCUT2D eigenvalue weighted by Gasteiger charge is -2.12. The van der Waals surface area contributed by atoms with Gasteiger partial charge in [0, 0.05) is 6.26 Å². The van der Waals surface area contributed by atoms with Gasteiger partial charge in [-0.2, -0.15) is 0 Å². The lowest BCUT2D eigenvalue weighted by Crippen LogP contribution is -2.06. The van der Waals surface area contributed by atoms with E-state index in [-0.39, 0.29) is 0 Å². The Bertz CT molecular complexity index is 461. The first kappa shape index (κ1) is 14.2. The number of unbranched alkanes of at least 4 members (excludes halogenated alkanes) is 2. The predicted octanol–water partition coefficient (Wildman–Crippen LogP) is 3.39. The standard InChI is InChI=1S/C14H22O2S/c1-4-6-7-9-13-11-8-10-12(5-2)14(13)17(3,15)16/h8,10-11H,4-7,9H2,1-3H3. The summed E-state index contributed by atoms with van der Waals surface area (Å²) in [5.41, 5.74) is 1.93. The molecule has 0 aromatic heterocycles. The molecule has 0 aliphatic carbocycles. The summed E-state index contributed by atoms with van der Waals surface area (Å²) in [6, 6.07) is 5.83. The van der Waals surface area contributed by atoms with Crippen LogP contribution in [0.5, 0.6) is 0 Å². The topological polar surface area (TPSA) is 34.1 Å². The summed E-state index contributed by atoms with van der Waals surface area (Å²) in [6.07, 6.45) is 6.31. The van der Waals surface area contributed by atoms with Gasteiger partial charge in [0.1, 0.15) is 0 Å². The highest BCUT2D eigenvalue weighted by molar-refractivity contribution is 7.90. The van der Waals surface area contributed by atoms with Gasteiger partial charge in [0.2, 0.25) is 0 Å². The first-order valence-corrected chi connectivity index (χ1v) is 8.20. The zero-order valence-corrected chi connectivity index (χ0v) is 11.8. The quantitative estimate of drug-likeness (QED) is 0.729. The van der Waals surface area contributed by atoms with Crippen molar-refractivity contribution in [3.05, 3.63) is 29.3 Å². The maximum atomic E-state index is 11.9. The van der Waals surface area contributed by atoms with Crippen LogP contribution >= 0.6 is 0 Å². The molecule has 0 bridgehead atoms. The third kappa shape index (κ3) is 3.84. The summed E-state index contributed by atoms with van der Waals surface area (Å²) in [5, 5.41) is 0. The second-order valence-electron chi connectivity index (χ2n) is 4.49. The first-order chi connectivity index (χ1) is 8.00. The Hall–Kier alpha value is -0.830. The molecule has 96 valence electrons. The fourth-order valence-electron chi connectivity index (χ4n) is 2.16. The molecule has 0 fully saturated rings. The van der Waals surface area contributed by atoms with Crippen LogP contribution in [0.3, 0.4) is 0 Å². The molecule has 1 rings (SSSR count). The lowest BCUT2D eigenvalue weighted by atomic mass is 10.0. The fraction of sp³-hybridized carbons (Fsp3) is 0.571. The summed E-state index contributed by atoms with van der Waals surface area (Å²) in [6.45, 7) is 4.15. The highest BCUT2D eigenvalue weighted by Gasteiger charge is 2.16. The van der Waals surface area contributed by atoms with Crippen molar-refractivity contribution in [2.24, 2.45) is 0 Å². The van der Waals surface area contributed by atoms with Crippen molar-refractivity contribution in [3.63, 3.8) is 0 Å². The maximum absolute atomic E-state index is 11.9. The molecular weight excluding hydrogens is 232 g/mol. The second kappa shape index (κ2) is 6.20. The van der Waals surface area contributed by atoms with Crippen LogP contribution in [0.1, 0.15) is 44.2 Å². The molecule has 2 nitrogen and oxygen atoms in total. The minimum atomic E-state index is -3.11. The van der Waals surface area contributed by atoms with Gasteiger partial charge in [0.05, 0.1) is 4.90 Å². The van der Waals surface area contributed by atoms with Gasteiger partial charge in [-0.3, -0.25) is 0 Å². The van der Waals surface area contributed by atoms with Crippen molar-refractivity contribution in [2.45, 2.75) is 50.8 Å². The van der Waals surface area contributed by atoms with Gasteiger partial charge >= 0.3 is 0 Å². The van der Waals surface area contributed by atoms with Crippen LogP contribution in [-0.4, -0.2) is 14.7 Å². The van der Waals surface area contributed by atoms with Crippen LogP contribution in [0.15, 0.2) is 23.1 Å². The lowest BCUT2D eigenvalue weighted by molar-refractivity contribution is 0.598. The minimum absolute atomic E-state index is 0.568. The normalized spacial score (nSPS) is 11.7.